The SMILES string of the molecule is CC(C)c1c(NC(=O)C(=O)Nc2cnn(C)c2)cnn1-c1ccccc1. The highest BCUT2D eigenvalue weighted by atomic mass is 16.2. The molecule has 2 heterocycles. The summed E-state index contributed by atoms with van der Waals surface area (Å²) in [5, 5.41) is 13.5. The molecule has 0 spiro atoms. The first-order valence-electron chi connectivity index (χ1n) is 8.20. The first-order valence-corrected chi connectivity index (χ1v) is 8.20. The maximum absolute atomic E-state index is 12.3. The number of nitrogens with one attached hydrogen (secondary N) is 2. The molecule has 0 radical (unpaired) electrons. The zero-order chi connectivity index (χ0) is 18.7. The molecule has 0 fully saturated rings. The minimum Gasteiger partial charge on any atom is -0.315 e. The molecule has 3 rings (SSSR count). The third-order valence-electron chi connectivity index (χ3n) is 3.77. The van der Waals surface area contributed by atoms with E-state index in [1.54, 1.807) is 24.1 Å². The highest BCUT2D eigenvalue weighted by Crippen LogP contribution is 2.26. The first kappa shape index (κ1) is 17.4. The number of aryl methyl sites for hydroxylation is 1. The van der Waals surface area contributed by atoms with Gasteiger partial charge in [-0.05, 0) is 18.1 Å². The van der Waals surface area contributed by atoms with Crippen LogP contribution in [0.15, 0.2) is 48.9 Å². The van der Waals surface area contributed by atoms with Gasteiger partial charge in [-0.25, -0.2) is 4.68 Å². The van der Waals surface area contributed by atoms with Gasteiger partial charge in [-0.15, -0.1) is 0 Å². The Hall–Kier alpha value is -3.42. The van der Waals surface area contributed by atoms with Crippen LogP contribution < -0.4 is 10.6 Å². The van der Waals surface area contributed by atoms with Crippen LogP contribution in [-0.4, -0.2) is 31.4 Å². The molecule has 134 valence electrons. The van der Waals surface area contributed by atoms with Gasteiger partial charge in [-0.3, -0.25) is 14.3 Å². The van der Waals surface area contributed by atoms with Crippen molar-refractivity contribution in [2.75, 3.05) is 10.6 Å². The largest absolute Gasteiger partial charge is 0.315 e. The monoisotopic (exact) mass is 352 g/mol. The van der Waals surface area contributed by atoms with Gasteiger partial charge in [-0.1, -0.05) is 32.0 Å². The molecular formula is C18H20N6O2. The van der Waals surface area contributed by atoms with Crippen LogP contribution in [0, 0.1) is 0 Å². The van der Waals surface area contributed by atoms with E-state index in [1.165, 1.54) is 10.9 Å². The normalized spacial score (nSPS) is 10.8. The van der Waals surface area contributed by atoms with Crippen molar-refractivity contribution in [3.05, 3.63) is 54.6 Å². The molecule has 3 aromatic rings. The van der Waals surface area contributed by atoms with E-state index in [0.717, 1.165) is 11.4 Å². The van der Waals surface area contributed by atoms with Gasteiger partial charge < -0.3 is 10.6 Å². The Bertz CT molecular complexity index is 926. The Morgan fingerprint density at radius 2 is 1.69 bits per heavy atom. The van der Waals surface area contributed by atoms with Crippen LogP contribution in [0.2, 0.25) is 0 Å². The maximum Gasteiger partial charge on any atom is 0.314 e. The van der Waals surface area contributed by atoms with E-state index in [0.29, 0.717) is 11.4 Å². The van der Waals surface area contributed by atoms with Gasteiger partial charge in [0.15, 0.2) is 0 Å². The topological polar surface area (TPSA) is 93.8 Å². The van der Waals surface area contributed by atoms with Crippen molar-refractivity contribution in [2.24, 2.45) is 7.05 Å². The average Bonchev–Trinajstić information content (AvgIpc) is 3.21. The van der Waals surface area contributed by atoms with Gasteiger partial charge in [-0.2, -0.15) is 10.2 Å². The van der Waals surface area contributed by atoms with Crippen molar-refractivity contribution in [3.8, 4) is 5.69 Å². The number of benzene rings is 1. The molecule has 8 heteroatoms. The van der Waals surface area contributed by atoms with Gasteiger partial charge in [0, 0.05) is 13.2 Å². The van der Waals surface area contributed by atoms with Crippen molar-refractivity contribution in [1.82, 2.24) is 19.6 Å². The first-order chi connectivity index (χ1) is 12.5. The number of nitrogens with zero attached hydrogens (tertiary/aromatic N) is 4. The third-order valence-corrected chi connectivity index (χ3v) is 3.77. The number of amides is 2. The van der Waals surface area contributed by atoms with Crippen LogP contribution in [0.3, 0.4) is 0 Å². The van der Waals surface area contributed by atoms with E-state index in [-0.39, 0.29) is 5.92 Å². The van der Waals surface area contributed by atoms with E-state index in [1.807, 2.05) is 44.2 Å². The molecule has 0 aliphatic rings. The maximum atomic E-state index is 12.3. The zero-order valence-electron chi connectivity index (χ0n) is 14.8. The van der Waals surface area contributed by atoms with Crippen LogP contribution in [-0.2, 0) is 16.6 Å². The lowest BCUT2D eigenvalue weighted by molar-refractivity contribution is -0.133. The summed E-state index contributed by atoms with van der Waals surface area (Å²) in [6.07, 6.45) is 4.63. The molecule has 0 aliphatic heterocycles. The van der Waals surface area contributed by atoms with Crippen molar-refractivity contribution in [3.63, 3.8) is 0 Å². The molecule has 26 heavy (non-hydrogen) atoms. The summed E-state index contributed by atoms with van der Waals surface area (Å²) in [7, 11) is 1.72. The highest BCUT2D eigenvalue weighted by Gasteiger charge is 2.21. The lowest BCUT2D eigenvalue weighted by Gasteiger charge is -2.13. The molecule has 0 saturated heterocycles. The lowest BCUT2D eigenvalue weighted by atomic mass is 10.1. The van der Waals surface area contributed by atoms with Crippen molar-refractivity contribution in [1.29, 1.82) is 0 Å². The number of aromatic nitrogens is 4. The van der Waals surface area contributed by atoms with E-state index < -0.39 is 11.8 Å². The summed E-state index contributed by atoms with van der Waals surface area (Å²) in [6, 6.07) is 9.62. The average molecular weight is 352 g/mol. The van der Waals surface area contributed by atoms with Crippen LogP contribution in [0.4, 0.5) is 11.4 Å². The second-order valence-corrected chi connectivity index (χ2v) is 6.16. The summed E-state index contributed by atoms with van der Waals surface area (Å²) in [4.78, 5) is 24.4. The van der Waals surface area contributed by atoms with Gasteiger partial charge in [0.2, 0.25) is 0 Å². The number of carbonyl (C=O) groups is 2. The highest BCUT2D eigenvalue weighted by molar-refractivity contribution is 6.43. The number of rotatable bonds is 4. The second-order valence-electron chi connectivity index (χ2n) is 6.16. The van der Waals surface area contributed by atoms with Crippen LogP contribution in [0.1, 0.15) is 25.5 Å². The quantitative estimate of drug-likeness (QED) is 0.705. The number of para-hydroxylation sites is 1. The van der Waals surface area contributed by atoms with E-state index >= 15 is 0 Å². The number of anilines is 2. The van der Waals surface area contributed by atoms with Gasteiger partial charge in [0.05, 0.1) is 35.1 Å². The lowest BCUT2D eigenvalue weighted by Crippen LogP contribution is -2.29. The summed E-state index contributed by atoms with van der Waals surface area (Å²) in [5.41, 5.74) is 2.67. The van der Waals surface area contributed by atoms with Gasteiger partial charge in [0.1, 0.15) is 0 Å². The molecule has 0 saturated carbocycles. The van der Waals surface area contributed by atoms with Crippen molar-refractivity contribution < 1.29 is 9.59 Å². The van der Waals surface area contributed by atoms with Crippen molar-refractivity contribution >= 4 is 23.2 Å². The smallest absolute Gasteiger partial charge is 0.314 e. The molecule has 0 atom stereocenters. The molecule has 2 N–H and O–H groups in total. The van der Waals surface area contributed by atoms with E-state index in [9.17, 15) is 9.59 Å². The molecule has 8 nitrogen and oxygen atoms in total. The van der Waals surface area contributed by atoms with Gasteiger partial charge >= 0.3 is 11.8 Å². The van der Waals surface area contributed by atoms with Crippen molar-refractivity contribution in [2.45, 2.75) is 19.8 Å². The number of hydrogen-bond donors (Lipinski definition) is 2. The fourth-order valence-electron chi connectivity index (χ4n) is 2.64. The fourth-order valence-corrected chi connectivity index (χ4v) is 2.64. The molecule has 0 unspecified atom stereocenters. The predicted molar refractivity (Wildman–Crippen MR) is 98.1 cm³/mol. The predicted octanol–water partition coefficient (Wildman–Crippen LogP) is 2.31. The second kappa shape index (κ2) is 7.22. The van der Waals surface area contributed by atoms with E-state index in [2.05, 4.69) is 20.8 Å². The van der Waals surface area contributed by atoms with Crippen LogP contribution in [0.5, 0.6) is 0 Å². The zero-order valence-corrected chi connectivity index (χ0v) is 14.8. The summed E-state index contributed by atoms with van der Waals surface area (Å²) in [6.45, 7) is 4.00. The summed E-state index contributed by atoms with van der Waals surface area (Å²) in [5.74, 6) is -1.43. The fraction of sp³-hybridized carbons (Fsp3) is 0.222. The molecule has 0 bridgehead atoms. The molecular weight excluding hydrogens is 332 g/mol. The standard InChI is InChI=1S/C18H20N6O2/c1-12(2)16-15(10-20-24(16)14-7-5-4-6-8-14)22-18(26)17(25)21-13-9-19-23(3)11-13/h4-12H,1-3H3,(H,21,25)(H,22,26). The third kappa shape index (κ3) is 3.64. The molecule has 0 aliphatic carbocycles. The summed E-state index contributed by atoms with van der Waals surface area (Å²) >= 11 is 0. The molecule has 2 aromatic heterocycles. The van der Waals surface area contributed by atoms with Crippen LogP contribution >= 0.6 is 0 Å². The van der Waals surface area contributed by atoms with Crippen LogP contribution in [0.25, 0.3) is 5.69 Å². The Balaban J connectivity index is 1.80. The minimum atomic E-state index is -0.764. The number of hydrogen-bond acceptors (Lipinski definition) is 4. The molecule has 1 aromatic carbocycles. The Labute approximate surface area is 150 Å². The van der Waals surface area contributed by atoms with E-state index in [4.69, 9.17) is 0 Å². The Morgan fingerprint density at radius 1 is 1.00 bits per heavy atom. The summed E-state index contributed by atoms with van der Waals surface area (Å²) < 4.78 is 3.30. The van der Waals surface area contributed by atoms with Gasteiger partial charge in [0.25, 0.3) is 0 Å². The minimum absolute atomic E-state index is 0.0920. The Morgan fingerprint density at radius 3 is 2.31 bits per heavy atom. The Kier molecular flexibility index (Phi) is 4.83. The molecule has 2 amide bonds. The number of carbonyl (C=O) groups excluding carboxylic acids is 2.